The third kappa shape index (κ3) is 5.57. The number of carbonyl (C=O) groups excluding carboxylic acids is 4. The molecule has 2 aromatic rings. The summed E-state index contributed by atoms with van der Waals surface area (Å²) in [6, 6.07) is 0.331. The Morgan fingerprint density at radius 3 is 2.68 bits per heavy atom. The normalized spacial score (nSPS) is 19.2. The number of thiazole rings is 1. The van der Waals surface area contributed by atoms with Gasteiger partial charge in [-0.2, -0.15) is 0 Å². The molecule has 17 heteroatoms. The van der Waals surface area contributed by atoms with Crippen molar-refractivity contribution in [1.82, 2.24) is 25.3 Å². The maximum absolute atomic E-state index is 12.8. The predicted octanol–water partition coefficient (Wildman–Crippen LogP) is -4.29. The van der Waals surface area contributed by atoms with E-state index < -0.39 is 34.9 Å². The van der Waals surface area contributed by atoms with Gasteiger partial charge in [0.15, 0.2) is 22.3 Å². The van der Waals surface area contributed by atoms with E-state index in [9.17, 15) is 29.5 Å². The molecular weight excluding hydrogens is 537 g/mol. The van der Waals surface area contributed by atoms with Crippen LogP contribution >= 0.6 is 23.1 Å². The topological polar surface area (TPSA) is 207 Å². The van der Waals surface area contributed by atoms with Crippen LogP contribution in [-0.2, 0) is 14.4 Å². The first kappa shape index (κ1) is 28.4. The van der Waals surface area contributed by atoms with Crippen molar-refractivity contribution in [3.05, 3.63) is 45.9 Å². The van der Waals surface area contributed by atoms with Crippen molar-refractivity contribution < 1.29 is 63.6 Å². The van der Waals surface area contributed by atoms with Gasteiger partial charge in [-0.3, -0.25) is 19.3 Å². The van der Waals surface area contributed by atoms with E-state index in [2.05, 4.69) is 20.6 Å². The number of amides is 3. The number of nitrogens with two attached hydrogens (primary N) is 1. The predicted molar refractivity (Wildman–Crippen MR) is 125 cm³/mol. The zero-order valence-corrected chi connectivity index (χ0v) is 23.3. The molecule has 0 spiro atoms. The van der Waals surface area contributed by atoms with E-state index in [-0.39, 0.29) is 74.8 Å². The van der Waals surface area contributed by atoms with Crippen molar-refractivity contribution in [2.45, 2.75) is 11.4 Å². The third-order valence-corrected chi connectivity index (χ3v) is 7.14. The standard InChI is InChI=1S/C20H19N7O7S2.Na/c1-26(2)16(29)10-5-9(34-25-10)4-3-8-6-35-18-13(17(30)27(18)14(8)19(31)32)23-15(28)12(24-33)11-7-36-20(21)22-11;/h3-5,7,13,18,33H,6H2,1-2H3,(H2,21,22)(H,23,28)(H,31,32);/q;+1/p-1/b4-3-,24-12-;/t13-,18-;/m1./s1. The van der Waals surface area contributed by atoms with Crippen molar-refractivity contribution in [2.75, 3.05) is 25.6 Å². The number of nitrogens with zero attached hydrogens (tertiary/aromatic N) is 5. The Morgan fingerprint density at radius 2 is 2.08 bits per heavy atom. The first-order valence-corrected chi connectivity index (χ1v) is 12.0. The molecule has 0 unspecified atom stereocenters. The van der Waals surface area contributed by atoms with E-state index >= 15 is 0 Å². The fraction of sp³-hybridized carbons (Fsp3) is 0.250. The van der Waals surface area contributed by atoms with Crippen LogP contribution in [-0.4, -0.2) is 85.8 Å². The van der Waals surface area contributed by atoms with Crippen molar-refractivity contribution in [1.29, 1.82) is 0 Å². The van der Waals surface area contributed by atoms with Crippen molar-refractivity contribution in [3.63, 3.8) is 0 Å². The summed E-state index contributed by atoms with van der Waals surface area (Å²) in [6.07, 6.45) is 2.85. The molecular formula is C20H18N7NaO7S2. The average Bonchev–Trinajstić information content (AvgIpc) is 3.49. The summed E-state index contributed by atoms with van der Waals surface area (Å²) >= 11 is 2.25. The Hall–Kier alpha value is -3.18. The molecule has 2 aromatic heterocycles. The Labute approximate surface area is 239 Å². The summed E-state index contributed by atoms with van der Waals surface area (Å²) in [6.45, 7) is 0. The van der Waals surface area contributed by atoms with E-state index in [1.165, 1.54) is 40.3 Å². The van der Waals surface area contributed by atoms with E-state index in [0.29, 0.717) is 0 Å². The molecule has 2 atom stereocenters. The molecule has 4 heterocycles. The van der Waals surface area contributed by atoms with E-state index in [1.807, 2.05) is 0 Å². The minimum absolute atomic E-state index is 0. The number of allylic oxidation sites excluding steroid dienone is 1. The molecule has 188 valence electrons. The van der Waals surface area contributed by atoms with Crippen LogP contribution in [0.4, 0.5) is 5.13 Å². The first-order valence-electron chi connectivity index (χ1n) is 10.1. The number of fused-ring (bicyclic) bond motifs is 1. The number of nitrogens with one attached hydrogen (secondary N) is 1. The van der Waals surface area contributed by atoms with E-state index in [4.69, 9.17) is 10.3 Å². The number of anilines is 1. The SMILES string of the molecule is CN(C)C(=O)c1cc(/C=C\C2=C(C(=O)[O-])N3C(=O)[C@@H](NC(=O)/C(=N\O)c4csc(N)n4)[C@H]3SC2)on1.[Na+]. The van der Waals surface area contributed by atoms with Crippen LogP contribution < -0.4 is 45.7 Å². The number of carboxylic acids is 1. The monoisotopic (exact) mass is 555 g/mol. The van der Waals surface area contributed by atoms with Gasteiger partial charge in [-0.1, -0.05) is 16.4 Å². The molecule has 3 amide bonds. The summed E-state index contributed by atoms with van der Waals surface area (Å²) in [5.41, 5.74) is 5.13. The Morgan fingerprint density at radius 1 is 1.35 bits per heavy atom. The number of oxime groups is 1. The van der Waals surface area contributed by atoms with Gasteiger partial charge < -0.3 is 35.6 Å². The van der Waals surface area contributed by atoms with Gasteiger partial charge in [-0.15, -0.1) is 23.1 Å². The van der Waals surface area contributed by atoms with Crippen molar-refractivity contribution >= 4 is 63.7 Å². The number of hydrogen-bond donors (Lipinski definition) is 3. The third-order valence-electron chi connectivity index (χ3n) is 5.16. The van der Waals surface area contributed by atoms with Crippen LogP contribution in [0.3, 0.4) is 0 Å². The van der Waals surface area contributed by atoms with Crippen LogP contribution in [0.25, 0.3) is 6.08 Å². The zero-order valence-electron chi connectivity index (χ0n) is 19.7. The Kier molecular flexibility index (Phi) is 8.80. The second-order valence-corrected chi connectivity index (χ2v) is 9.68. The number of carbonyl (C=O) groups is 4. The Balaban J connectivity index is 0.00000380. The number of aromatic nitrogens is 2. The summed E-state index contributed by atoms with van der Waals surface area (Å²) < 4.78 is 5.09. The number of β-lactam (4-membered cyclic amide) rings is 1. The fourth-order valence-corrected chi connectivity index (χ4v) is 5.33. The summed E-state index contributed by atoms with van der Waals surface area (Å²) in [4.78, 5) is 55.5. The number of carboxylic acid groups (broad SMARTS) is 1. The minimum Gasteiger partial charge on any atom is -0.543 e. The van der Waals surface area contributed by atoms with Gasteiger partial charge in [0, 0.05) is 31.3 Å². The quantitative estimate of drug-likeness (QED) is 0.0979. The van der Waals surface area contributed by atoms with Crippen LogP contribution in [0.1, 0.15) is 21.9 Å². The molecule has 2 aliphatic heterocycles. The van der Waals surface area contributed by atoms with E-state index in [1.54, 1.807) is 14.1 Å². The van der Waals surface area contributed by atoms with Crippen molar-refractivity contribution in [3.8, 4) is 0 Å². The van der Waals surface area contributed by atoms with Crippen LogP contribution in [0.2, 0.25) is 0 Å². The van der Waals surface area contributed by atoms with Gasteiger partial charge in [0.1, 0.15) is 17.1 Å². The molecule has 2 aliphatic rings. The average molecular weight is 556 g/mol. The Bertz CT molecular complexity index is 1350. The van der Waals surface area contributed by atoms with Gasteiger partial charge in [0.25, 0.3) is 17.7 Å². The first-order chi connectivity index (χ1) is 17.1. The molecule has 0 saturated carbocycles. The van der Waals surface area contributed by atoms with Gasteiger partial charge in [0.2, 0.25) is 0 Å². The maximum Gasteiger partial charge on any atom is 1.00 e. The molecule has 1 fully saturated rings. The molecule has 4 rings (SSSR count). The second kappa shape index (κ2) is 11.5. The van der Waals surface area contributed by atoms with Gasteiger partial charge in [0.05, 0.1) is 11.7 Å². The van der Waals surface area contributed by atoms with Crippen LogP contribution in [0.15, 0.2) is 38.5 Å². The molecule has 0 aliphatic carbocycles. The zero-order chi connectivity index (χ0) is 26.1. The van der Waals surface area contributed by atoms with Crippen molar-refractivity contribution in [2.24, 2.45) is 5.16 Å². The fourth-order valence-electron chi connectivity index (χ4n) is 3.46. The number of thioether (sulfide) groups is 1. The largest absolute Gasteiger partial charge is 1.00 e. The minimum atomic E-state index is -1.57. The summed E-state index contributed by atoms with van der Waals surface area (Å²) in [7, 11) is 3.12. The van der Waals surface area contributed by atoms with Gasteiger partial charge in [-0.25, -0.2) is 4.98 Å². The molecule has 0 radical (unpaired) electrons. The number of rotatable bonds is 7. The van der Waals surface area contributed by atoms with Gasteiger partial charge >= 0.3 is 29.6 Å². The maximum atomic E-state index is 12.8. The second-order valence-electron chi connectivity index (χ2n) is 7.69. The molecule has 0 bridgehead atoms. The molecule has 4 N–H and O–H groups in total. The number of aliphatic carboxylic acids is 1. The smallest absolute Gasteiger partial charge is 0.543 e. The molecule has 37 heavy (non-hydrogen) atoms. The summed E-state index contributed by atoms with van der Waals surface area (Å²) in [5.74, 6) is -3.12. The van der Waals surface area contributed by atoms with E-state index in [0.717, 1.165) is 16.2 Å². The van der Waals surface area contributed by atoms with Gasteiger partial charge in [-0.05, 0) is 11.6 Å². The van der Waals surface area contributed by atoms with Crippen LogP contribution in [0.5, 0.6) is 0 Å². The van der Waals surface area contributed by atoms with Crippen LogP contribution in [0, 0.1) is 0 Å². The molecule has 1 saturated heterocycles. The summed E-state index contributed by atoms with van der Waals surface area (Å²) in [5, 5.41) is 31.1. The number of hydrogen-bond acceptors (Lipinski definition) is 13. The number of nitrogen functional groups attached to an aromatic ring is 1. The molecule has 0 aromatic carbocycles. The molecule has 14 nitrogen and oxygen atoms in total.